The Kier molecular flexibility index (Phi) is 6.77. The quantitative estimate of drug-likeness (QED) is 0.552. The molecular weight excluding hydrogens is 440 g/mol. The van der Waals surface area contributed by atoms with Gasteiger partial charge < -0.3 is 10.1 Å². The van der Waals surface area contributed by atoms with Crippen molar-refractivity contribution >= 4 is 39.2 Å². The van der Waals surface area contributed by atoms with E-state index in [4.69, 9.17) is 16.3 Å². The Morgan fingerprint density at radius 3 is 2.29 bits per heavy atom. The Labute approximate surface area is 185 Å². The topological polar surface area (TPSA) is 110 Å². The Bertz CT molecular complexity index is 1180. The van der Waals surface area contributed by atoms with Crippen LogP contribution >= 0.6 is 11.6 Å². The Hall–Kier alpha value is -3.17. The smallest absolute Gasteiger partial charge is 0.265 e. The lowest BCUT2D eigenvalue weighted by molar-refractivity contribution is -0.122. The number of nitrogens with one attached hydrogen (secondary N) is 2. The molecule has 0 fully saturated rings. The van der Waals surface area contributed by atoms with E-state index in [1.807, 2.05) is 0 Å². The summed E-state index contributed by atoms with van der Waals surface area (Å²) in [7, 11) is -3.88. The van der Waals surface area contributed by atoms with Crippen LogP contribution in [0.3, 0.4) is 0 Å². The molecule has 0 spiro atoms. The first-order valence-electron chi connectivity index (χ1n) is 9.31. The van der Waals surface area contributed by atoms with Gasteiger partial charge in [0.1, 0.15) is 5.75 Å². The molecule has 31 heavy (non-hydrogen) atoms. The number of rotatable bonds is 7. The monoisotopic (exact) mass is 460 g/mol. The zero-order valence-electron chi connectivity index (χ0n) is 17.1. The van der Waals surface area contributed by atoms with Gasteiger partial charge in [-0.3, -0.25) is 4.79 Å². The average Bonchev–Trinajstić information content (AvgIpc) is 2.67. The molecule has 0 aliphatic rings. The number of aromatic nitrogens is 2. The number of ether oxygens (including phenoxy) is 1. The second-order valence-electron chi connectivity index (χ2n) is 6.81. The Morgan fingerprint density at radius 1 is 1.03 bits per heavy atom. The molecule has 1 amide bonds. The van der Waals surface area contributed by atoms with E-state index in [2.05, 4.69) is 20.0 Å². The summed E-state index contributed by atoms with van der Waals surface area (Å²) in [6.07, 6.45) is -0.787. The molecule has 1 atom stereocenters. The van der Waals surface area contributed by atoms with Crippen molar-refractivity contribution in [3.8, 4) is 5.75 Å². The van der Waals surface area contributed by atoms with E-state index in [0.29, 0.717) is 27.8 Å². The van der Waals surface area contributed by atoms with Crippen molar-refractivity contribution in [3.63, 3.8) is 0 Å². The summed E-state index contributed by atoms with van der Waals surface area (Å²) in [6, 6.07) is 14.2. The van der Waals surface area contributed by atoms with Crippen molar-refractivity contribution in [2.75, 3.05) is 10.0 Å². The molecule has 1 heterocycles. The molecule has 2 aromatic carbocycles. The largest absolute Gasteiger partial charge is 0.481 e. The number of halogens is 1. The number of amides is 1. The molecule has 1 unspecified atom stereocenters. The highest BCUT2D eigenvalue weighted by Crippen LogP contribution is 2.20. The third-order valence-corrected chi connectivity index (χ3v) is 5.70. The summed E-state index contributed by atoms with van der Waals surface area (Å²) in [5.41, 5.74) is 1.72. The minimum absolute atomic E-state index is 0.00173. The van der Waals surface area contributed by atoms with Crippen LogP contribution in [0, 0.1) is 13.8 Å². The molecule has 10 heteroatoms. The van der Waals surface area contributed by atoms with Crippen LogP contribution in [0.25, 0.3) is 0 Å². The van der Waals surface area contributed by atoms with Gasteiger partial charge in [0.2, 0.25) is 5.95 Å². The molecule has 3 aromatic rings. The average molecular weight is 461 g/mol. The van der Waals surface area contributed by atoms with Gasteiger partial charge in [0.05, 0.1) is 4.90 Å². The first kappa shape index (κ1) is 22.5. The number of carbonyl (C=O) groups excluding carboxylic acids is 1. The van der Waals surface area contributed by atoms with Gasteiger partial charge in [-0.1, -0.05) is 17.7 Å². The standard InChI is InChI=1S/C21H21ClN4O4S/c1-13-11-14(2)24-21(23-13)26-31(28,29)19-9-7-17(8-10-19)25-20(27)15(3)30-18-6-4-5-16(22)12-18/h4-12,15H,1-3H3,(H,25,27)(H,23,24,26). The molecule has 0 aliphatic carbocycles. The second-order valence-corrected chi connectivity index (χ2v) is 8.93. The molecular formula is C21H21ClN4O4S. The minimum atomic E-state index is -3.88. The van der Waals surface area contributed by atoms with Crippen LogP contribution in [0.1, 0.15) is 18.3 Å². The highest BCUT2D eigenvalue weighted by Gasteiger charge is 2.18. The van der Waals surface area contributed by atoms with Crippen LogP contribution in [-0.4, -0.2) is 30.4 Å². The van der Waals surface area contributed by atoms with Crippen molar-refractivity contribution < 1.29 is 17.9 Å². The molecule has 0 bridgehead atoms. The fourth-order valence-electron chi connectivity index (χ4n) is 2.71. The predicted molar refractivity (Wildman–Crippen MR) is 119 cm³/mol. The summed E-state index contributed by atoms with van der Waals surface area (Å²) < 4.78 is 33.1. The number of carbonyl (C=O) groups is 1. The van der Waals surface area contributed by atoms with Gasteiger partial charge in [-0.05, 0) is 69.3 Å². The lowest BCUT2D eigenvalue weighted by atomic mass is 10.3. The molecule has 8 nitrogen and oxygen atoms in total. The van der Waals surface area contributed by atoms with Crippen molar-refractivity contribution in [2.24, 2.45) is 0 Å². The van der Waals surface area contributed by atoms with E-state index < -0.39 is 22.0 Å². The SMILES string of the molecule is Cc1cc(C)nc(NS(=O)(=O)c2ccc(NC(=O)C(C)Oc3cccc(Cl)c3)cc2)n1. The molecule has 0 aliphatic heterocycles. The van der Waals surface area contributed by atoms with Crippen LogP contribution in [0.2, 0.25) is 5.02 Å². The number of hydrogen-bond donors (Lipinski definition) is 2. The maximum Gasteiger partial charge on any atom is 0.265 e. The third kappa shape index (κ3) is 6.16. The van der Waals surface area contributed by atoms with Crippen molar-refractivity contribution in [3.05, 3.63) is 71.0 Å². The molecule has 162 valence electrons. The van der Waals surface area contributed by atoms with Gasteiger partial charge in [-0.15, -0.1) is 0 Å². The number of anilines is 2. The van der Waals surface area contributed by atoms with Gasteiger partial charge in [0.25, 0.3) is 15.9 Å². The van der Waals surface area contributed by atoms with Crippen molar-refractivity contribution in [1.29, 1.82) is 0 Å². The molecule has 3 rings (SSSR count). The van der Waals surface area contributed by atoms with Gasteiger partial charge >= 0.3 is 0 Å². The zero-order chi connectivity index (χ0) is 22.6. The van der Waals surface area contributed by atoms with E-state index in [1.165, 1.54) is 24.3 Å². The fraction of sp³-hybridized carbons (Fsp3) is 0.190. The van der Waals surface area contributed by atoms with E-state index in [0.717, 1.165) is 0 Å². The maximum atomic E-state index is 12.6. The molecule has 0 saturated carbocycles. The normalized spacial score (nSPS) is 12.1. The molecule has 2 N–H and O–H groups in total. The van der Waals surface area contributed by atoms with Crippen LogP contribution in [-0.2, 0) is 14.8 Å². The fourth-order valence-corrected chi connectivity index (χ4v) is 3.83. The van der Waals surface area contributed by atoms with E-state index in [-0.39, 0.29) is 10.8 Å². The van der Waals surface area contributed by atoms with Crippen LogP contribution in [0.15, 0.2) is 59.5 Å². The lowest BCUT2D eigenvalue weighted by Crippen LogP contribution is -2.30. The molecule has 1 aromatic heterocycles. The Balaban J connectivity index is 1.65. The number of hydrogen-bond acceptors (Lipinski definition) is 6. The van der Waals surface area contributed by atoms with E-state index in [1.54, 1.807) is 51.1 Å². The first-order chi connectivity index (χ1) is 14.6. The predicted octanol–water partition coefficient (Wildman–Crippen LogP) is 3.95. The van der Waals surface area contributed by atoms with Gasteiger partial charge in [0.15, 0.2) is 6.10 Å². The Morgan fingerprint density at radius 2 is 1.68 bits per heavy atom. The summed E-state index contributed by atoms with van der Waals surface area (Å²) in [6.45, 7) is 5.10. The lowest BCUT2D eigenvalue weighted by Gasteiger charge is -2.15. The van der Waals surface area contributed by atoms with E-state index >= 15 is 0 Å². The minimum Gasteiger partial charge on any atom is -0.481 e. The first-order valence-corrected chi connectivity index (χ1v) is 11.2. The van der Waals surface area contributed by atoms with Gasteiger partial charge in [-0.25, -0.2) is 23.1 Å². The summed E-state index contributed by atoms with van der Waals surface area (Å²) in [4.78, 5) is 20.5. The molecule has 0 saturated heterocycles. The number of nitrogens with zero attached hydrogens (tertiary/aromatic N) is 2. The number of sulfonamides is 1. The van der Waals surface area contributed by atoms with Gasteiger partial charge in [-0.2, -0.15) is 0 Å². The van der Waals surface area contributed by atoms with Gasteiger partial charge in [0, 0.05) is 22.1 Å². The summed E-state index contributed by atoms with van der Waals surface area (Å²) >= 11 is 5.91. The van der Waals surface area contributed by atoms with Crippen LogP contribution in [0.5, 0.6) is 5.75 Å². The van der Waals surface area contributed by atoms with Crippen molar-refractivity contribution in [1.82, 2.24) is 9.97 Å². The van der Waals surface area contributed by atoms with Crippen LogP contribution in [0.4, 0.5) is 11.6 Å². The number of aryl methyl sites for hydroxylation is 2. The van der Waals surface area contributed by atoms with Crippen LogP contribution < -0.4 is 14.8 Å². The van der Waals surface area contributed by atoms with E-state index in [9.17, 15) is 13.2 Å². The zero-order valence-corrected chi connectivity index (χ0v) is 18.7. The summed E-state index contributed by atoms with van der Waals surface area (Å²) in [5, 5.41) is 3.18. The summed E-state index contributed by atoms with van der Waals surface area (Å²) in [5.74, 6) is 0.0791. The maximum absolute atomic E-state index is 12.6. The third-order valence-electron chi connectivity index (χ3n) is 4.12. The number of benzene rings is 2. The molecule has 0 radical (unpaired) electrons. The second kappa shape index (κ2) is 9.32. The van der Waals surface area contributed by atoms with Crippen molar-refractivity contribution in [2.45, 2.75) is 31.8 Å². The highest BCUT2D eigenvalue weighted by atomic mass is 35.5. The highest BCUT2D eigenvalue weighted by molar-refractivity contribution is 7.92.